The Morgan fingerprint density at radius 2 is 2.21 bits per heavy atom. The van der Waals surface area contributed by atoms with Gasteiger partial charge in [0.05, 0.1) is 23.3 Å². The maximum Gasteiger partial charge on any atom is 0.157 e. The van der Waals surface area contributed by atoms with Crippen LogP contribution < -0.4 is 5.73 Å². The van der Waals surface area contributed by atoms with E-state index in [-0.39, 0.29) is 0 Å². The minimum absolute atomic E-state index is 0.678. The first-order valence-corrected chi connectivity index (χ1v) is 4.20. The highest BCUT2D eigenvalue weighted by atomic mass is 15.3. The van der Waals surface area contributed by atoms with Gasteiger partial charge < -0.3 is 5.73 Å². The zero-order chi connectivity index (χ0) is 10.1. The molecular formula is C9H10N5. The van der Waals surface area contributed by atoms with E-state index >= 15 is 0 Å². The molecule has 0 aliphatic heterocycles. The van der Waals surface area contributed by atoms with Crippen LogP contribution in [0.1, 0.15) is 11.4 Å². The molecule has 2 heterocycles. The van der Waals surface area contributed by atoms with Gasteiger partial charge in [0, 0.05) is 6.07 Å². The molecule has 2 N–H and O–H groups in total. The van der Waals surface area contributed by atoms with Crippen LogP contribution in [-0.4, -0.2) is 19.7 Å². The molecule has 14 heavy (non-hydrogen) atoms. The number of aryl methyl sites for hydroxylation is 1. The molecule has 0 saturated heterocycles. The topological polar surface area (TPSA) is 69.6 Å². The molecule has 0 atom stereocenters. The van der Waals surface area contributed by atoms with Crippen molar-refractivity contribution >= 4 is 5.69 Å². The molecule has 0 aliphatic rings. The first kappa shape index (κ1) is 8.68. The summed E-state index contributed by atoms with van der Waals surface area (Å²) in [6.45, 7) is 3.77. The minimum atomic E-state index is 0.678. The molecule has 71 valence electrons. The van der Waals surface area contributed by atoms with Gasteiger partial charge >= 0.3 is 0 Å². The van der Waals surface area contributed by atoms with Gasteiger partial charge in [0.15, 0.2) is 5.82 Å². The third-order valence-electron chi connectivity index (χ3n) is 2.08. The van der Waals surface area contributed by atoms with Crippen LogP contribution in [0.15, 0.2) is 12.4 Å². The molecule has 2 rings (SSSR count). The average molecular weight is 188 g/mol. The Hall–Kier alpha value is -1.91. The highest BCUT2D eigenvalue weighted by molar-refractivity contribution is 5.49. The van der Waals surface area contributed by atoms with Gasteiger partial charge in [-0.15, -0.1) is 0 Å². The summed E-state index contributed by atoms with van der Waals surface area (Å²) in [6.07, 6.45) is 4.13. The number of nitrogens with two attached hydrogens (primary N) is 1. The summed E-state index contributed by atoms with van der Waals surface area (Å²) in [7, 11) is 0. The van der Waals surface area contributed by atoms with Crippen LogP contribution in [0.3, 0.4) is 0 Å². The van der Waals surface area contributed by atoms with Crippen LogP contribution >= 0.6 is 0 Å². The lowest BCUT2D eigenvalue weighted by Crippen LogP contribution is -2.02. The van der Waals surface area contributed by atoms with Gasteiger partial charge in [0.25, 0.3) is 0 Å². The maximum atomic E-state index is 5.80. The summed E-state index contributed by atoms with van der Waals surface area (Å²) in [4.78, 5) is 7.79. The first-order chi connectivity index (χ1) is 6.70. The van der Waals surface area contributed by atoms with Gasteiger partial charge in [0.2, 0.25) is 0 Å². The van der Waals surface area contributed by atoms with Crippen LogP contribution in [0.2, 0.25) is 0 Å². The number of nitrogens with zero attached hydrogens (tertiary/aromatic N) is 4. The summed E-state index contributed by atoms with van der Waals surface area (Å²) >= 11 is 0. The summed E-state index contributed by atoms with van der Waals surface area (Å²) in [5.41, 5.74) is 8.19. The van der Waals surface area contributed by atoms with Crippen LogP contribution in [0.25, 0.3) is 5.82 Å². The number of nitrogen functional groups attached to an aromatic ring is 1. The van der Waals surface area contributed by atoms with Gasteiger partial charge in [0.1, 0.15) is 6.33 Å². The second-order valence-electron chi connectivity index (χ2n) is 3.00. The van der Waals surface area contributed by atoms with Gasteiger partial charge in [-0.05, 0) is 13.8 Å². The number of hydrogen-bond donors (Lipinski definition) is 1. The molecule has 0 bridgehead atoms. The van der Waals surface area contributed by atoms with Crippen molar-refractivity contribution in [2.45, 2.75) is 13.8 Å². The van der Waals surface area contributed by atoms with E-state index in [0.717, 1.165) is 11.4 Å². The van der Waals surface area contributed by atoms with Crippen molar-refractivity contribution in [1.29, 1.82) is 0 Å². The lowest BCUT2D eigenvalue weighted by atomic mass is 10.3. The average Bonchev–Trinajstić information content (AvgIpc) is 2.47. The van der Waals surface area contributed by atoms with E-state index < -0.39 is 0 Å². The van der Waals surface area contributed by atoms with E-state index in [1.807, 2.05) is 13.8 Å². The predicted octanol–water partition coefficient (Wildman–Crippen LogP) is 0.662. The molecule has 0 aromatic carbocycles. The molecule has 5 heteroatoms. The van der Waals surface area contributed by atoms with Crippen LogP contribution in [0, 0.1) is 20.0 Å². The second kappa shape index (κ2) is 3.10. The monoisotopic (exact) mass is 188 g/mol. The molecule has 0 spiro atoms. The lowest BCUT2D eigenvalue weighted by molar-refractivity contribution is 0.800. The van der Waals surface area contributed by atoms with E-state index in [1.165, 1.54) is 6.33 Å². The summed E-state index contributed by atoms with van der Waals surface area (Å²) in [5, 5.41) is 4.26. The molecule has 0 saturated carbocycles. The predicted molar refractivity (Wildman–Crippen MR) is 51.9 cm³/mol. The van der Waals surface area contributed by atoms with Crippen LogP contribution in [0.5, 0.6) is 0 Å². The quantitative estimate of drug-likeness (QED) is 0.713. The molecular weight excluding hydrogens is 178 g/mol. The minimum Gasteiger partial charge on any atom is -0.396 e. The maximum absolute atomic E-state index is 5.80. The van der Waals surface area contributed by atoms with Crippen molar-refractivity contribution in [3.05, 3.63) is 30.0 Å². The van der Waals surface area contributed by atoms with Crippen LogP contribution in [0.4, 0.5) is 5.69 Å². The van der Waals surface area contributed by atoms with Crippen LogP contribution in [-0.2, 0) is 0 Å². The highest BCUT2D eigenvalue weighted by Gasteiger charge is 2.09. The zero-order valence-corrected chi connectivity index (χ0v) is 8.02. The molecule has 0 fully saturated rings. The standard InChI is InChI=1S/C9H10N5/c1-6-9(10)7(2)14(13-6)8-3-4-11-5-12-8/h3,5H,10H2,1-2H3. The fraction of sp³-hybridized carbons (Fsp3) is 0.222. The third-order valence-corrected chi connectivity index (χ3v) is 2.08. The van der Waals surface area contributed by atoms with Crippen molar-refractivity contribution in [1.82, 2.24) is 19.7 Å². The number of anilines is 1. The molecule has 2 aromatic rings. The highest BCUT2D eigenvalue weighted by Crippen LogP contribution is 2.17. The second-order valence-corrected chi connectivity index (χ2v) is 3.00. The van der Waals surface area contributed by atoms with Gasteiger partial charge in [-0.2, -0.15) is 5.10 Å². The molecule has 0 amide bonds. The number of rotatable bonds is 1. The van der Waals surface area contributed by atoms with E-state index in [0.29, 0.717) is 11.5 Å². The first-order valence-electron chi connectivity index (χ1n) is 4.20. The smallest absolute Gasteiger partial charge is 0.157 e. The molecule has 0 unspecified atom stereocenters. The Kier molecular flexibility index (Phi) is 1.92. The SMILES string of the molecule is Cc1nn(-c2c[c]ncn2)c(C)c1N. The molecule has 1 radical (unpaired) electrons. The molecule has 0 aliphatic carbocycles. The third kappa shape index (κ3) is 1.22. The van der Waals surface area contributed by atoms with Crippen molar-refractivity contribution in [3.63, 3.8) is 0 Å². The Labute approximate surface area is 81.6 Å². The van der Waals surface area contributed by atoms with Gasteiger partial charge in [-0.1, -0.05) is 0 Å². The van der Waals surface area contributed by atoms with Gasteiger partial charge in [-0.25, -0.2) is 14.6 Å². The van der Waals surface area contributed by atoms with Crippen molar-refractivity contribution < 1.29 is 0 Å². The Balaban J connectivity index is 2.58. The Morgan fingerprint density at radius 3 is 2.71 bits per heavy atom. The van der Waals surface area contributed by atoms with Crippen molar-refractivity contribution in [3.8, 4) is 5.82 Å². The van der Waals surface area contributed by atoms with E-state index in [4.69, 9.17) is 5.73 Å². The summed E-state index contributed by atoms with van der Waals surface area (Å²) in [6, 6.07) is 1.67. The number of hydrogen-bond acceptors (Lipinski definition) is 4. The van der Waals surface area contributed by atoms with Gasteiger partial charge in [-0.3, -0.25) is 0 Å². The molecule has 5 nitrogen and oxygen atoms in total. The summed E-state index contributed by atoms with van der Waals surface area (Å²) in [5.74, 6) is 0.678. The lowest BCUT2D eigenvalue weighted by Gasteiger charge is -2.00. The molecule has 2 aromatic heterocycles. The Bertz CT molecular complexity index is 446. The number of aromatic nitrogens is 4. The van der Waals surface area contributed by atoms with E-state index in [1.54, 1.807) is 10.7 Å². The van der Waals surface area contributed by atoms with Crippen molar-refractivity contribution in [2.75, 3.05) is 5.73 Å². The fourth-order valence-electron chi connectivity index (χ4n) is 1.25. The largest absolute Gasteiger partial charge is 0.396 e. The zero-order valence-electron chi connectivity index (χ0n) is 8.02. The fourth-order valence-corrected chi connectivity index (χ4v) is 1.25. The van der Waals surface area contributed by atoms with E-state index in [2.05, 4.69) is 21.3 Å². The normalized spacial score (nSPS) is 10.4. The Morgan fingerprint density at radius 1 is 1.43 bits per heavy atom. The summed E-state index contributed by atoms with van der Waals surface area (Å²) < 4.78 is 1.68. The van der Waals surface area contributed by atoms with Crippen molar-refractivity contribution in [2.24, 2.45) is 0 Å². The van der Waals surface area contributed by atoms with E-state index in [9.17, 15) is 0 Å².